The molecule has 0 bridgehead atoms. The van der Waals surface area contributed by atoms with Gasteiger partial charge >= 0.3 is 5.69 Å². The van der Waals surface area contributed by atoms with Gasteiger partial charge in [-0.3, -0.25) is 14.3 Å². The molecule has 1 aliphatic rings. The lowest BCUT2D eigenvalue weighted by atomic mass is 10.1. The summed E-state index contributed by atoms with van der Waals surface area (Å²) in [7, 11) is 1.63. The Labute approximate surface area is 139 Å². The normalized spacial score (nSPS) is 20.5. The number of hydrogen-bond donors (Lipinski definition) is 1. The second-order valence-corrected chi connectivity index (χ2v) is 5.89. The van der Waals surface area contributed by atoms with Gasteiger partial charge in [0.1, 0.15) is 0 Å². The number of ether oxygens (including phenoxy) is 1. The highest BCUT2D eigenvalue weighted by Crippen LogP contribution is 2.33. The molecule has 1 fully saturated rings. The molecule has 2 aromatic rings. The molecule has 0 saturated carbocycles. The van der Waals surface area contributed by atoms with E-state index in [0.717, 1.165) is 5.69 Å². The minimum Gasteiger partial charge on any atom is -0.380 e. The summed E-state index contributed by atoms with van der Waals surface area (Å²) >= 11 is 0. The molecule has 3 rings (SSSR count). The predicted molar refractivity (Wildman–Crippen MR) is 86.7 cm³/mol. The average molecular weight is 331 g/mol. The third-order valence-corrected chi connectivity index (χ3v) is 4.42. The van der Waals surface area contributed by atoms with Gasteiger partial charge in [0.25, 0.3) is 5.91 Å². The summed E-state index contributed by atoms with van der Waals surface area (Å²) in [6, 6.07) is 3.27. The van der Waals surface area contributed by atoms with Gasteiger partial charge in [0.2, 0.25) is 0 Å². The van der Waals surface area contributed by atoms with Gasteiger partial charge in [-0.05, 0) is 26.0 Å². The number of aromatic nitrogens is 4. The molecule has 1 saturated heterocycles. The van der Waals surface area contributed by atoms with Crippen molar-refractivity contribution in [1.82, 2.24) is 24.6 Å². The van der Waals surface area contributed by atoms with Crippen molar-refractivity contribution >= 4 is 5.91 Å². The van der Waals surface area contributed by atoms with Crippen LogP contribution in [0.4, 0.5) is 0 Å². The lowest BCUT2D eigenvalue weighted by Gasteiger charge is -2.23. The fourth-order valence-corrected chi connectivity index (χ4v) is 3.09. The number of nitrogens with zero attached hydrogens (tertiary/aromatic N) is 4. The number of aryl methyl sites for hydroxylation is 1. The minimum atomic E-state index is -0.303. The minimum absolute atomic E-state index is 0.0885. The number of likely N-dealkylation sites (tertiary alicyclic amines) is 1. The quantitative estimate of drug-likeness (QED) is 0.898. The summed E-state index contributed by atoms with van der Waals surface area (Å²) < 4.78 is 7.00. The molecule has 128 valence electrons. The number of carbonyl (C=O) groups is 1. The van der Waals surface area contributed by atoms with E-state index in [4.69, 9.17) is 4.74 Å². The van der Waals surface area contributed by atoms with Gasteiger partial charge in [0.05, 0.1) is 17.7 Å². The molecule has 8 nitrogen and oxygen atoms in total. The van der Waals surface area contributed by atoms with Gasteiger partial charge in [-0.2, -0.15) is 5.10 Å². The van der Waals surface area contributed by atoms with Crippen LogP contribution in [0.2, 0.25) is 0 Å². The van der Waals surface area contributed by atoms with E-state index in [2.05, 4.69) is 15.2 Å². The van der Waals surface area contributed by atoms with Gasteiger partial charge in [0.15, 0.2) is 5.82 Å². The summed E-state index contributed by atoms with van der Waals surface area (Å²) in [5.41, 5.74) is 1.10. The Kier molecular flexibility index (Phi) is 4.48. The Morgan fingerprint density at radius 3 is 2.88 bits per heavy atom. The summed E-state index contributed by atoms with van der Waals surface area (Å²) in [5.74, 6) is 0.431. The zero-order valence-electron chi connectivity index (χ0n) is 14.0. The van der Waals surface area contributed by atoms with E-state index >= 15 is 0 Å². The molecule has 0 spiro atoms. The van der Waals surface area contributed by atoms with Crippen LogP contribution in [-0.4, -0.2) is 50.3 Å². The first kappa shape index (κ1) is 16.4. The number of rotatable bonds is 4. The van der Waals surface area contributed by atoms with Crippen molar-refractivity contribution in [1.29, 1.82) is 0 Å². The van der Waals surface area contributed by atoms with Crippen molar-refractivity contribution in [3.05, 3.63) is 45.9 Å². The lowest BCUT2D eigenvalue weighted by Crippen LogP contribution is -2.34. The molecule has 2 atom stereocenters. The summed E-state index contributed by atoms with van der Waals surface area (Å²) in [6.45, 7) is 4.70. The molecule has 1 N–H and O–H groups in total. The van der Waals surface area contributed by atoms with E-state index in [9.17, 15) is 9.59 Å². The standard InChI is InChI=1S/C16H21N5O3/c1-4-20-14(18-19-16(20)23)13-7-12(24-3)9-21(13)15(22)11-6-5-10(2)17-8-11/h5-6,8,12-13H,4,7,9H2,1-3H3,(H,19,23)/t12-,13-/m0/s1. The average Bonchev–Trinajstić information content (AvgIpc) is 3.17. The number of pyridine rings is 1. The smallest absolute Gasteiger partial charge is 0.343 e. The molecule has 0 unspecified atom stereocenters. The van der Waals surface area contributed by atoms with Crippen molar-refractivity contribution in [2.45, 2.75) is 39.0 Å². The van der Waals surface area contributed by atoms with E-state index in [0.29, 0.717) is 30.9 Å². The first-order chi connectivity index (χ1) is 11.5. The number of aromatic amines is 1. The third-order valence-electron chi connectivity index (χ3n) is 4.42. The van der Waals surface area contributed by atoms with Crippen molar-refractivity contribution in [2.24, 2.45) is 0 Å². The zero-order valence-corrected chi connectivity index (χ0v) is 14.0. The third kappa shape index (κ3) is 2.84. The number of carbonyl (C=O) groups excluding carboxylic acids is 1. The summed E-state index contributed by atoms with van der Waals surface area (Å²) in [6.07, 6.45) is 2.09. The second-order valence-electron chi connectivity index (χ2n) is 5.89. The fraction of sp³-hybridized carbons (Fsp3) is 0.500. The fourth-order valence-electron chi connectivity index (χ4n) is 3.09. The van der Waals surface area contributed by atoms with Crippen LogP contribution < -0.4 is 5.69 Å². The van der Waals surface area contributed by atoms with E-state index in [1.54, 1.807) is 28.8 Å². The highest BCUT2D eigenvalue weighted by Gasteiger charge is 2.39. The maximum atomic E-state index is 12.9. The van der Waals surface area contributed by atoms with Crippen LogP contribution in [0.1, 0.15) is 41.3 Å². The van der Waals surface area contributed by atoms with Crippen LogP contribution in [-0.2, 0) is 11.3 Å². The maximum Gasteiger partial charge on any atom is 0.343 e. The molecule has 0 radical (unpaired) electrons. The Hall–Kier alpha value is -2.48. The Balaban J connectivity index is 1.95. The van der Waals surface area contributed by atoms with Gasteiger partial charge in [-0.15, -0.1) is 0 Å². The van der Waals surface area contributed by atoms with Gasteiger partial charge in [-0.25, -0.2) is 9.89 Å². The summed E-state index contributed by atoms with van der Waals surface area (Å²) in [4.78, 5) is 30.7. The SMILES string of the molecule is CCn1c([C@@H]2C[C@H](OC)CN2C(=O)c2ccc(C)nc2)n[nH]c1=O. The second kappa shape index (κ2) is 6.56. The first-order valence-electron chi connectivity index (χ1n) is 7.96. The van der Waals surface area contributed by atoms with Gasteiger partial charge < -0.3 is 9.64 Å². The largest absolute Gasteiger partial charge is 0.380 e. The molecule has 2 aromatic heterocycles. The Morgan fingerprint density at radius 1 is 1.46 bits per heavy atom. The number of amides is 1. The van der Waals surface area contributed by atoms with Crippen LogP contribution in [0.3, 0.4) is 0 Å². The monoisotopic (exact) mass is 331 g/mol. The van der Waals surface area contributed by atoms with Crippen LogP contribution >= 0.6 is 0 Å². The molecule has 1 amide bonds. The number of methoxy groups -OCH3 is 1. The van der Waals surface area contributed by atoms with Crippen LogP contribution in [0.5, 0.6) is 0 Å². The zero-order chi connectivity index (χ0) is 17.3. The lowest BCUT2D eigenvalue weighted by molar-refractivity contribution is 0.0682. The topological polar surface area (TPSA) is 93.1 Å². The molecule has 3 heterocycles. The Morgan fingerprint density at radius 2 is 2.25 bits per heavy atom. The maximum absolute atomic E-state index is 12.9. The molecule has 0 aromatic carbocycles. The molecular weight excluding hydrogens is 310 g/mol. The van der Waals surface area contributed by atoms with Crippen molar-refractivity contribution in [2.75, 3.05) is 13.7 Å². The van der Waals surface area contributed by atoms with E-state index < -0.39 is 0 Å². The molecule has 24 heavy (non-hydrogen) atoms. The van der Waals surface area contributed by atoms with Crippen LogP contribution in [0.15, 0.2) is 23.1 Å². The van der Waals surface area contributed by atoms with Crippen LogP contribution in [0.25, 0.3) is 0 Å². The number of H-pyrrole nitrogens is 1. The van der Waals surface area contributed by atoms with E-state index in [1.807, 2.05) is 19.9 Å². The number of nitrogens with one attached hydrogen (secondary N) is 1. The van der Waals surface area contributed by atoms with Crippen LogP contribution in [0, 0.1) is 6.92 Å². The van der Waals surface area contributed by atoms with Gasteiger partial charge in [-0.1, -0.05) is 0 Å². The van der Waals surface area contributed by atoms with Crippen molar-refractivity contribution in [3.8, 4) is 0 Å². The van der Waals surface area contributed by atoms with Gasteiger partial charge in [0, 0.05) is 38.5 Å². The van der Waals surface area contributed by atoms with E-state index in [-0.39, 0.29) is 23.7 Å². The molecular formula is C16H21N5O3. The van der Waals surface area contributed by atoms with Crippen molar-refractivity contribution in [3.63, 3.8) is 0 Å². The highest BCUT2D eigenvalue weighted by molar-refractivity contribution is 5.94. The molecule has 1 aliphatic heterocycles. The Bertz CT molecular complexity index is 780. The first-order valence-corrected chi connectivity index (χ1v) is 7.96. The van der Waals surface area contributed by atoms with Crippen molar-refractivity contribution < 1.29 is 9.53 Å². The molecule has 0 aliphatic carbocycles. The summed E-state index contributed by atoms with van der Waals surface area (Å²) in [5, 5.41) is 6.61. The highest BCUT2D eigenvalue weighted by atomic mass is 16.5. The molecule has 8 heteroatoms. The van der Waals surface area contributed by atoms with E-state index in [1.165, 1.54) is 0 Å². The number of hydrogen-bond acceptors (Lipinski definition) is 5. The predicted octanol–water partition coefficient (Wildman–Crippen LogP) is 0.897.